The van der Waals surface area contributed by atoms with E-state index in [-0.39, 0.29) is 17.8 Å². The lowest BCUT2D eigenvalue weighted by molar-refractivity contribution is 0.0717. The van der Waals surface area contributed by atoms with Gasteiger partial charge in [-0.05, 0) is 43.2 Å². The summed E-state index contributed by atoms with van der Waals surface area (Å²) in [5, 5.41) is 0. The Morgan fingerprint density at radius 2 is 1.96 bits per heavy atom. The lowest BCUT2D eigenvalue weighted by Gasteiger charge is -2.38. The van der Waals surface area contributed by atoms with Crippen LogP contribution in [0.25, 0.3) is 0 Å². The maximum Gasteiger partial charge on any atom is 0.254 e. The molecule has 1 aliphatic rings. The monoisotopic (exact) mass is 312 g/mol. The fourth-order valence-corrected chi connectivity index (χ4v) is 3.14. The molecule has 0 bridgehead atoms. The average Bonchev–Trinajstić information content (AvgIpc) is 2.61. The zero-order chi connectivity index (χ0) is 16.2. The summed E-state index contributed by atoms with van der Waals surface area (Å²) in [4.78, 5) is 16.6. The molecule has 3 rings (SSSR count). The van der Waals surface area contributed by atoms with E-state index in [1.54, 1.807) is 17.0 Å². The number of likely N-dealkylation sites (N-methyl/N-ethyl adjacent to an activating group) is 1. The molecule has 0 N–H and O–H groups in total. The van der Waals surface area contributed by atoms with Crippen LogP contribution in [0, 0.1) is 5.82 Å². The highest BCUT2D eigenvalue weighted by Gasteiger charge is 2.26. The van der Waals surface area contributed by atoms with E-state index >= 15 is 0 Å². The largest absolute Gasteiger partial charge is 0.369 e. The minimum absolute atomic E-state index is 0.121. The van der Waals surface area contributed by atoms with Crippen molar-refractivity contribution in [3.63, 3.8) is 0 Å². The van der Waals surface area contributed by atoms with Crippen LogP contribution in [0.5, 0.6) is 0 Å². The first kappa shape index (κ1) is 15.5. The average molecular weight is 312 g/mol. The van der Waals surface area contributed by atoms with Crippen LogP contribution >= 0.6 is 0 Å². The summed E-state index contributed by atoms with van der Waals surface area (Å²) in [6.45, 7) is 1.81. The molecule has 0 spiro atoms. The molecule has 1 aliphatic heterocycles. The Morgan fingerprint density at radius 1 is 1.17 bits per heavy atom. The van der Waals surface area contributed by atoms with Gasteiger partial charge >= 0.3 is 0 Å². The van der Waals surface area contributed by atoms with Gasteiger partial charge in [-0.3, -0.25) is 4.79 Å². The molecule has 120 valence electrons. The first-order valence-electron chi connectivity index (χ1n) is 7.98. The van der Waals surface area contributed by atoms with Gasteiger partial charge in [0.2, 0.25) is 0 Å². The quantitative estimate of drug-likeness (QED) is 0.865. The van der Waals surface area contributed by atoms with Crippen molar-refractivity contribution in [2.75, 3.05) is 25.0 Å². The Morgan fingerprint density at radius 3 is 2.70 bits per heavy atom. The molecule has 23 heavy (non-hydrogen) atoms. The first-order valence-corrected chi connectivity index (χ1v) is 7.98. The standard InChI is InChI=1S/C19H21FN2O/c1-21(19(23)15-7-5-8-16(20)13-15)18-11-6-12-22(14-18)17-9-3-2-4-10-17/h2-5,7-10,13,18H,6,11-12,14H2,1H3. The predicted octanol–water partition coefficient (Wildman–Crippen LogP) is 3.57. The predicted molar refractivity (Wildman–Crippen MR) is 90.2 cm³/mol. The van der Waals surface area contributed by atoms with Gasteiger partial charge in [0.1, 0.15) is 5.82 Å². The fraction of sp³-hybridized carbons (Fsp3) is 0.316. The van der Waals surface area contributed by atoms with Gasteiger partial charge in [-0.1, -0.05) is 24.3 Å². The van der Waals surface area contributed by atoms with Crippen molar-refractivity contribution in [3.05, 3.63) is 66.0 Å². The van der Waals surface area contributed by atoms with Gasteiger partial charge in [-0.2, -0.15) is 0 Å². The van der Waals surface area contributed by atoms with Crippen LogP contribution in [0.1, 0.15) is 23.2 Å². The number of nitrogens with zero attached hydrogens (tertiary/aromatic N) is 2. The van der Waals surface area contributed by atoms with Gasteiger partial charge in [0.05, 0.1) is 0 Å². The maximum absolute atomic E-state index is 13.3. The number of halogens is 1. The van der Waals surface area contributed by atoms with Gasteiger partial charge in [0, 0.05) is 37.4 Å². The van der Waals surface area contributed by atoms with E-state index in [0.717, 1.165) is 25.9 Å². The van der Waals surface area contributed by atoms with Crippen molar-refractivity contribution in [2.45, 2.75) is 18.9 Å². The van der Waals surface area contributed by atoms with Crippen LogP contribution in [-0.4, -0.2) is 37.0 Å². The van der Waals surface area contributed by atoms with E-state index in [2.05, 4.69) is 17.0 Å². The van der Waals surface area contributed by atoms with Crippen LogP contribution in [-0.2, 0) is 0 Å². The van der Waals surface area contributed by atoms with E-state index in [4.69, 9.17) is 0 Å². The third kappa shape index (κ3) is 3.52. The molecule has 1 amide bonds. The molecule has 1 unspecified atom stereocenters. The van der Waals surface area contributed by atoms with Gasteiger partial charge in [0.25, 0.3) is 5.91 Å². The molecule has 0 aliphatic carbocycles. The molecule has 0 radical (unpaired) electrons. The number of rotatable bonds is 3. The van der Waals surface area contributed by atoms with Crippen molar-refractivity contribution in [1.29, 1.82) is 0 Å². The number of hydrogen-bond acceptors (Lipinski definition) is 2. The third-order valence-corrected chi connectivity index (χ3v) is 4.46. The van der Waals surface area contributed by atoms with Crippen molar-refractivity contribution >= 4 is 11.6 Å². The van der Waals surface area contributed by atoms with Crippen LogP contribution in [0.4, 0.5) is 10.1 Å². The summed E-state index contributed by atoms with van der Waals surface area (Å²) in [5.74, 6) is -0.497. The minimum Gasteiger partial charge on any atom is -0.369 e. The van der Waals surface area contributed by atoms with Crippen molar-refractivity contribution in [3.8, 4) is 0 Å². The summed E-state index contributed by atoms with van der Waals surface area (Å²) >= 11 is 0. The molecule has 3 nitrogen and oxygen atoms in total. The molecular weight excluding hydrogens is 291 g/mol. The minimum atomic E-state index is -0.376. The number of anilines is 1. The van der Waals surface area contributed by atoms with E-state index in [1.165, 1.54) is 17.8 Å². The topological polar surface area (TPSA) is 23.6 Å². The first-order chi connectivity index (χ1) is 11.1. The van der Waals surface area contributed by atoms with Gasteiger partial charge in [-0.15, -0.1) is 0 Å². The van der Waals surface area contributed by atoms with Crippen LogP contribution < -0.4 is 4.90 Å². The van der Waals surface area contributed by atoms with Crippen molar-refractivity contribution in [1.82, 2.24) is 4.90 Å². The Balaban J connectivity index is 1.72. The SMILES string of the molecule is CN(C(=O)c1cccc(F)c1)C1CCCN(c2ccccc2)C1. The van der Waals surface area contributed by atoms with Crippen LogP contribution in [0.15, 0.2) is 54.6 Å². The number of carbonyl (C=O) groups excluding carboxylic acids is 1. The van der Waals surface area contributed by atoms with Crippen LogP contribution in [0.3, 0.4) is 0 Å². The zero-order valence-electron chi connectivity index (χ0n) is 13.3. The summed E-state index contributed by atoms with van der Waals surface area (Å²) in [7, 11) is 1.81. The molecule has 2 aromatic carbocycles. The Hall–Kier alpha value is -2.36. The second-order valence-corrected chi connectivity index (χ2v) is 6.00. The number of amides is 1. The molecule has 0 aromatic heterocycles. The molecule has 4 heteroatoms. The molecule has 1 heterocycles. The highest BCUT2D eigenvalue weighted by molar-refractivity contribution is 5.94. The lowest BCUT2D eigenvalue weighted by Crippen LogP contribution is -2.48. The number of para-hydroxylation sites is 1. The fourth-order valence-electron chi connectivity index (χ4n) is 3.14. The second-order valence-electron chi connectivity index (χ2n) is 6.00. The molecule has 0 saturated carbocycles. The molecule has 2 aromatic rings. The zero-order valence-corrected chi connectivity index (χ0v) is 13.3. The molecular formula is C19H21FN2O. The summed E-state index contributed by atoms with van der Waals surface area (Å²) in [6.07, 6.45) is 2.02. The Bertz CT molecular complexity index is 674. The smallest absolute Gasteiger partial charge is 0.254 e. The number of carbonyl (C=O) groups is 1. The van der Waals surface area contributed by atoms with Gasteiger partial charge in [-0.25, -0.2) is 4.39 Å². The maximum atomic E-state index is 13.3. The van der Waals surface area contributed by atoms with Crippen molar-refractivity contribution < 1.29 is 9.18 Å². The normalized spacial score (nSPS) is 17.8. The second kappa shape index (κ2) is 6.82. The molecule has 1 fully saturated rings. The van der Waals surface area contributed by atoms with E-state index in [9.17, 15) is 9.18 Å². The van der Waals surface area contributed by atoms with Gasteiger partial charge < -0.3 is 9.80 Å². The molecule has 1 atom stereocenters. The number of piperidine rings is 1. The molecule has 1 saturated heterocycles. The summed E-state index contributed by atoms with van der Waals surface area (Å²) in [6, 6.07) is 16.3. The Labute approximate surface area is 136 Å². The van der Waals surface area contributed by atoms with E-state index < -0.39 is 0 Å². The van der Waals surface area contributed by atoms with Crippen LogP contribution in [0.2, 0.25) is 0 Å². The van der Waals surface area contributed by atoms with Gasteiger partial charge in [0.15, 0.2) is 0 Å². The lowest BCUT2D eigenvalue weighted by atomic mass is 10.0. The van der Waals surface area contributed by atoms with E-state index in [1.807, 2.05) is 25.2 Å². The highest BCUT2D eigenvalue weighted by atomic mass is 19.1. The van der Waals surface area contributed by atoms with E-state index in [0.29, 0.717) is 5.56 Å². The number of hydrogen-bond donors (Lipinski definition) is 0. The third-order valence-electron chi connectivity index (χ3n) is 4.46. The summed E-state index contributed by atoms with van der Waals surface area (Å²) < 4.78 is 13.3. The number of benzene rings is 2. The summed E-state index contributed by atoms with van der Waals surface area (Å²) in [5.41, 5.74) is 1.59. The van der Waals surface area contributed by atoms with Crippen molar-refractivity contribution in [2.24, 2.45) is 0 Å². The highest BCUT2D eigenvalue weighted by Crippen LogP contribution is 2.22. The Kier molecular flexibility index (Phi) is 4.60.